The van der Waals surface area contributed by atoms with Crippen molar-refractivity contribution in [1.82, 2.24) is 4.90 Å². The van der Waals surface area contributed by atoms with Crippen molar-refractivity contribution >= 4 is 11.5 Å². The molecule has 2 rings (SSSR count). The van der Waals surface area contributed by atoms with Crippen LogP contribution in [0.15, 0.2) is 66.9 Å². The fourth-order valence-corrected chi connectivity index (χ4v) is 2.33. The number of carbonyl (C=O) groups is 1. The van der Waals surface area contributed by atoms with E-state index in [1.807, 2.05) is 18.2 Å². The Labute approximate surface area is 141 Å². The minimum absolute atomic E-state index is 0.0211. The van der Waals surface area contributed by atoms with Crippen LogP contribution < -0.4 is 0 Å². The number of ketones is 1. The first-order valence-electron chi connectivity index (χ1n) is 7.85. The molecule has 0 aliphatic rings. The topological polar surface area (TPSA) is 63.5 Å². The van der Waals surface area contributed by atoms with E-state index >= 15 is 0 Å². The van der Waals surface area contributed by atoms with Crippen molar-refractivity contribution in [2.75, 3.05) is 6.54 Å². The van der Waals surface area contributed by atoms with E-state index < -0.39 is 4.92 Å². The fourth-order valence-electron chi connectivity index (χ4n) is 2.33. The molecule has 2 aromatic rings. The summed E-state index contributed by atoms with van der Waals surface area (Å²) in [4.78, 5) is 24.4. The monoisotopic (exact) mass is 324 g/mol. The SMILES string of the molecule is CCCN(C=CC(=O)c1ccc([N+](=O)[O-])cc1)Cc1ccccc1. The quantitative estimate of drug-likeness (QED) is 0.316. The van der Waals surface area contributed by atoms with Crippen molar-refractivity contribution in [3.05, 3.63) is 88.1 Å². The first-order valence-corrected chi connectivity index (χ1v) is 7.85. The number of nitro benzene ring substituents is 1. The Bertz CT molecular complexity index is 709. The van der Waals surface area contributed by atoms with E-state index in [1.54, 1.807) is 6.20 Å². The average Bonchev–Trinajstić information content (AvgIpc) is 2.60. The highest BCUT2D eigenvalue weighted by molar-refractivity contribution is 6.04. The van der Waals surface area contributed by atoms with Crippen molar-refractivity contribution in [1.29, 1.82) is 0 Å². The Morgan fingerprint density at radius 3 is 2.38 bits per heavy atom. The lowest BCUT2D eigenvalue weighted by molar-refractivity contribution is -0.384. The zero-order valence-corrected chi connectivity index (χ0v) is 13.6. The van der Waals surface area contributed by atoms with Gasteiger partial charge in [-0.25, -0.2) is 0 Å². The third-order valence-corrected chi connectivity index (χ3v) is 3.54. The minimum atomic E-state index is -0.479. The predicted octanol–water partition coefficient (Wildman–Crippen LogP) is 4.20. The molecule has 0 saturated heterocycles. The van der Waals surface area contributed by atoms with Gasteiger partial charge in [0.2, 0.25) is 0 Å². The van der Waals surface area contributed by atoms with Gasteiger partial charge in [-0.2, -0.15) is 0 Å². The second-order valence-corrected chi connectivity index (χ2v) is 5.44. The van der Waals surface area contributed by atoms with Crippen LogP contribution in [-0.4, -0.2) is 22.2 Å². The van der Waals surface area contributed by atoms with Crippen molar-refractivity contribution in [2.45, 2.75) is 19.9 Å². The highest BCUT2D eigenvalue weighted by Crippen LogP contribution is 2.13. The number of benzene rings is 2. The van der Waals surface area contributed by atoms with E-state index in [0.717, 1.165) is 19.5 Å². The van der Waals surface area contributed by atoms with E-state index in [2.05, 4.69) is 24.0 Å². The van der Waals surface area contributed by atoms with Gasteiger partial charge in [0.25, 0.3) is 5.69 Å². The van der Waals surface area contributed by atoms with Gasteiger partial charge in [0, 0.05) is 43.1 Å². The molecule has 124 valence electrons. The van der Waals surface area contributed by atoms with Crippen LogP contribution in [-0.2, 0) is 6.54 Å². The molecule has 2 aromatic carbocycles. The lowest BCUT2D eigenvalue weighted by Crippen LogP contribution is -2.18. The van der Waals surface area contributed by atoms with E-state index in [4.69, 9.17) is 0 Å². The Hall–Kier alpha value is -2.95. The summed E-state index contributed by atoms with van der Waals surface area (Å²) in [6.07, 6.45) is 4.28. The maximum absolute atomic E-state index is 12.2. The standard InChI is InChI=1S/C19H20N2O3/c1-2-13-20(15-16-6-4-3-5-7-16)14-12-19(22)17-8-10-18(11-9-17)21(23)24/h3-12,14H,2,13,15H2,1H3. The van der Waals surface area contributed by atoms with Crippen LogP contribution in [0.1, 0.15) is 29.3 Å². The summed E-state index contributed by atoms with van der Waals surface area (Å²) in [5.74, 6) is -0.168. The number of allylic oxidation sites excluding steroid dienone is 1. The van der Waals surface area contributed by atoms with Crippen LogP contribution in [0.4, 0.5) is 5.69 Å². The molecule has 0 aliphatic carbocycles. The van der Waals surface area contributed by atoms with Crippen LogP contribution >= 0.6 is 0 Å². The summed E-state index contributed by atoms with van der Waals surface area (Å²) in [5.41, 5.74) is 1.60. The molecule has 0 aliphatic heterocycles. The lowest BCUT2D eigenvalue weighted by Gasteiger charge is -2.19. The molecule has 24 heavy (non-hydrogen) atoms. The largest absolute Gasteiger partial charge is 0.373 e. The molecule has 5 nitrogen and oxygen atoms in total. The van der Waals surface area contributed by atoms with Crippen LogP contribution in [0.2, 0.25) is 0 Å². The number of hydrogen-bond donors (Lipinski definition) is 0. The molecule has 0 fully saturated rings. The Kier molecular flexibility index (Phi) is 6.25. The third kappa shape index (κ3) is 5.05. The first kappa shape index (κ1) is 17.4. The maximum Gasteiger partial charge on any atom is 0.269 e. The van der Waals surface area contributed by atoms with Crippen LogP contribution in [0.5, 0.6) is 0 Å². The summed E-state index contributed by atoms with van der Waals surface area (Å²) in [5, 5.41) is 10.6. The number of rotatable bonds is 8. The van der Waals surface area contributed by atoms with Gasteiger partial charge in [-0.05, 0) is 24.1 Å². The van der Waals surface area contributed by atoms with Gasteiger partial charge >= 0.3 is 0 Å². The molecular formula is C19H20N2O3. The molecule has 0 bridgehead atoms. The summed E-state index contributed by atoms with van der Waals surface area (Å²) in [7, 11) is 0. The van der Waals surface area contributed by atoms with Gasteiger partial charge in [0.15, 0.2) is 5.78 Å². The highest BCUT2D eigenvalue weighted by Gasteiger charge is 2.08. The molecule has 0 amide bonds. The number of hydrogen-bond acceptors (Lipinski definition) is 4. The fraction of sp³-hybridized carbons (Fsp3) is 0.211. The van der Waals surface area contributed by atoms with Crippen molar-refractivity contribution in [3.8, 4) is 0 Å². The maximum atomic E-state index is 12.2. The van der Waals surface area contributed by atoms with E-state index in [-0.39, 0.29) is 11.5 Å². The molecule has 0 saturated carbocycles. The van der Waals surface area contributed by atoms with E-state index in [0.29, 0.717) is 5.56 Å². The van der Waals surface area contributed by atoms with Crippen LogP contribution in [0, 0.1) is 10.1 Å². The second kappa shape index (κ2) is 8.62. The van der Waals surface area contributed by atoms with Gasteiger partial charge in [-0.1, -0.05) is 37.3 Å². The van der Waals surface area contributed by atoms with E-state index in [1.165, 1.54) is 35.9 Å². The molecule has 0 heterocycles. The molecule has 0 N–H and O–H groups in total. The highest BCUT2D eigenvalue weighted by atomic mass is 16.6. The van der Waals surface area contributed by atoms with Gasteiger partial charge in [-0.15, -0.1) is 0 Å². The second-order valence-electron chi connectivity index (χ2n) is 5.44. The van der Waals surface area contributed by atoms with Crippen LogP contribution in [0.3, 0.4) is 0 Å². The molecule has 5 heteroatoms. The minimum Gasteiger partial charge on any atom is -0.373 e. The number of carbonyl (C=O) groups excluding carboxylic acids is 1. The molecule has 0 spiro atoms. The lowest BCUT2D eigenvalue weighted by atomic mass is 10.1. The normalized spacial score (nSPS) is 10.7. The molecular weight excluding hydrogens is 304 g/mol. The Balaban J connectivity index is 2.04. The summed E-state index contributed by atoms with van der Waals surface area (Å²) >= 11 is 0. The molecule has 0 atom stereocenters. The van der Waals surface area contributed by atoms with Gasteiger partial charge in [-0.3, -0.25) is 14.9 Å². The molecule has 0 aromatic heterocycles. The summed E-state index contributed by atoms with van der Waals surface area (Å²) in [6.45, 7) is 3.67. The molecule has 0 radical (unpaired) electrons. The van der Waals surface area contributed by atoms with Crippen LogP contribution in [0.25, 0.3) is 0 Å². The third-order valence-electron chi connectivity index (χ3n) is 3.54. The zero-order chi connectivity index (χ0) is 17.4. The van der Waals surface area contributed by atoms with Crippen molar-refractivity contribution < 1.29 is 9.72 Å². The number of nitro groups is 1. The predicted molar refractivity (Wildman–Crippen MR) is 93.7 cm³/mol. The zero-order valence-electron chi connectivity index (χ0n) is 13.6. The summed E-state index contributed by atoms with van der Waals surface area (Å²) < 4.78 is 0. The Morgan fingerprint density at radius 1 is 1.12 bits per heavy atom. The van der Waals surface area contributed by atoms with Gasteiger partial charge in [0.1, 0.15) is 0 Å². The van der Waals surface area contributed by atoms with Crippen molar-refractivity contribution in [3.63, 3.8) is 0 Å². The van der Waals surface area contributed by atoms with Gasteiger partial charge < -0.3 is 4.90 Å². The van der Waals surface area contributed by atoms with E-state index in [9.17, 15) is 14.9 Å². The Morgan fingerprint density at radius 2 is 1.79 bits per heavy atom. The number of non-ortho nitro benzene ring substituents is 1. The molecule has 0 unspecified atom stereocenters. The number of nitrogens with zero attached hydrogens (tertiary/aromatic N) is 2. The average molecular weight is 324 g/mol. The summed E-state index contributed by atoms with van der Waals surface area (Å²) in [6, 6.07) is 15.7. The first-order chi connectivity index (χ1) is 11.6. The van der Waals surface area contributed by atoms with Crippen molar-refractivity contribution in [2.24, 2.45) is 0 Å². The van der Waals surface area contributed by atoms with Gasteiger partial charge in [0.05, 0.1) is 4.92 Å². The smallest absolute Gasteiger partial charge is 0.269 e.